The minimum Gasteiger partial charge on any atom is -0.348 e. The molecule has 0 radical (unpaired) electrons. The number of aromatic amines is 1. The van der Waals surface area contributed by atoms with Crippen LogP contribution < -0.4 is 16.8 Å². The Kier molecular flexibility index (Phi) is 8.53. The molecule has 31 heavy (non-hydrogen) atoms. The second kappa shape index (κ2) is 10.3. The van der Waals surface area contributed by atoms with Crippen LogP contribution in [0.5, 0.6) is 0 Å². The summed E-state index contributed by atoms with van der Waals surface area (Å²) in [6.07, 6.45) is -0.835. The number of nitrogens with zero attached hydrogens (tertiary/aromatic N) is 3. The number of nitrogens with two attached hydrogens (primary N) is 1. The topological polar surface area (TPSA) is 156 Å². The molecular weight excluding hydrogens is 425 g/mol. The molecule has 2 heterocycles. The van der Waals surface area contributed by atoms with Crippen LogP contribution in [0.2, 0.25) is 0 Å². The third kappa shape index (κ3) is 5.59. The Labute approximate surface area is 182 Å². The summed E-state index contributed by atoms with van der Waals surface area (Å²) in [7, 11) is -2.25. The van der Waals surface area contributed by atoms with Gasteiger partial charge >= 0.3 is 5.69 Å². The molecule has 0 aliphatic carbocycles. The van der Waals surface area contributed by atoms with Crippen LogP contribution in [0.3, 0.4) is 0 Å². The largest absolute Gasteiger partial charge is 0.348 e. The van der Waals surface area contributed by atoms with E-state index < -0.39 is 43.8 Å². The number of hydroxylamine groups is 2. The average Bonchev–Trinajstić information content (AvgIpc) is 3.08. The molecule has 0 saturated carbocycles. The number of nitriles is 1. The summed E-state index contributed by atoms with van der Waals surface area (Å²) in [6, 6.07) is 2.18. The highest BCUT2D eigenvalue weighted by atomic mass is 31.2. The Morgan fingerprint density at radius 2 is 2.06 bits per heavy atom. The van der Waals surface area contributed by atoms with Crippen molar-refractivity contribution in [3.8, 4) is 6.07 Å². The summed E-state index contributed by atoms with van der Waals surface area (Å²) >= 11 is 0. The molecule has 1 fully saturated rings. The molecule has 2 rings (SSSR count). The van der Waals surface area contributed by atoms with Gasteiger partial charge in [-0.3, -0.25) is 24.7 Å². The smallest absolute Gasteiger partial charge is 0.330 e. The van der Waals surface area contributed by atoms with Crippen molar-refractivity contribution < 1.29 is 19.0 Å². The maximum absolute atomic E-state index is 12.4. The van der Waals surface area contributed by atoms with E-state index >= 15 is 0 Å². The number of aryl methyl sites for hydroxylation is 1. The fourth-order valence-corrected chi connectivity index (χ4v) is 4.21. The first-order valence-corrected chi connectivity index (χ1v) is 11.5. The third-order valence-corrected chi connectivity index (χ3v) is 5.72. The molecule has 1 aromatic rings. The normalized spacial score (nSPS) is 24.5. The molecule has 1 aromatic heterocycles. The standard InChI is InChI=1S/C19H32N5O6P/c1-7-19(10-20,30-24(11(2)3)12(4)5)16-14(29-31(21)27)8-15(28-16)23-9-13(6)17(25)22-18(23)26/h9,11-12,14-16,27H,7-8,21H2,1-6H3,(H,22,25,26)/t14-,15+,16-,19?,31?/m0/s1. The van der Waals surface area contributed by atoms with E-state index in [4.69, 9.17) is 19.6 Å². The molecule has 0 spiro atoms. The third-order valence-electron chi connectivity index (χ3n) is 5.24. The minimum absolute atomic E-state index is 0.0233. The maximum Gasteiger partial charge on any atom is 0.330 e. The molecule has 2 unspecified atom stereocenters. The molecule has 1 aliphatic heterocycles. The molecule has 12 heteroatoms. The van der Waals surface area contributed by atoms with Gasteiger partial charge < -0.3 is 14.2 Å². The SMILES string of the molecule is CCC(C#N)(ON(C(C)C)C(C)C)[C@H]1O[C@@H](n2cc(C)c(=O)[nH]c2=O)C[C@@H]1OP(N)O. The Morgan fingerprint density at radius 3 is 2.55 bits per heavy atom. The molecule has 174 valence electrons. The van der Waals surface area contributed by atoms with Gasteiger partial charge in [-0.1, -0.05) is 6.92 Å². The van der Waals surface area contributed by atoms with E-state index in [2.05, 4.69) is 11.1 Å². The first kappa shape index (κ1) is 25.6. The number of hydrogen-bond acceptors (Lipinski definition) is 9. The van der Waals surface area contributed by atoms with Gasteiger partial charge in [0, 0.05) is 30.3 Å². The zero-order chi connectivity index (χ0) is 23.5. The predicted molar refractivity (Wildman–Crippen MR) is 115 cm³/mol. The fraction of sp³-hybridized carbons (Fsp3) is 0.737. The van der Waals surface area contributed by atoms with Crippen molar-refractivity contribution >= 4 is 8.53 Å². The van der Waals surface area contributed by atoms with E-state index in [-0.39, 0.29) is 24.9 Å². The van der Waals surface area contributed by atoms with Crippen LogP contribution in [-0.2, 0) is 14.1 Å². The van der Waals surface area contributed by atoms with Gasteiger partial charge in [-0.25, -0.2) is 4.79 Å². The summed E-state index contributed by atoms with van der Waals surface area (Å²) in [5.74, 6) is 0. The number of H-pyrrole nitrogens is 1. The Morgan fingerprint density at radius 1 is 1.45 bits per heavy atom. The Balaban J connectivity index is 2.48. The second-order valence-corrected chi connectivity index (χ2v) is 8.98. The molecular formula is C19H32N5O6P. The van der Waals surface area contributed by atoms with Gasteiger partial charge in [0.15, 0.2) is 0 Å². The number of rotatable bonds is 9. The van der Waals surface area contributed by atoms with Crippen LogP contribution in [0, 0.1) is 18.3 Å². The predicted octanol–water partition coefficient (Wildman–Crippen LogP) is 1.42. The van der Waals surface area contributed by atoms with Crippen molar-refractivity contribution in [1.82, 2.24) is 14.6 Å². The van der Waals surface area contributed by atoms with E-state index in [0.29, 0.717) is 5.56 Å². The molecule has 0 amide bonds. The fourth-order valence-electron chi connectivity index (χ4n) is 3.74. The van der Waals surface area contributed by atoms with Crippen molar-refractivity contribution in [2.24, 2.45) is 5.50 Å². The van der Waals surface area contributed by atoms with Crippen LogP contribution in [0.15, 0.2) is 15.8 Å². The van der Waals surface area contributed by atoms with Crippen LogP contribution in [0.1, 0.15) is 59.3 Å². The van der Waals surface area contributed by atoms with Gasteiger partial charge in [0.1, 0.15) is 24.5 Å². The van der Waals surface area contributed by atoms with Crippen molar-refractivity contribution in [3.05, 3.63) is 32.6 Å². The lowest BCUT2D eigenvalue weighted by Crippen LogP contribution is -2.54. The molecule has 11 nitrogen and oxygen atoms in total. The molecule has 0 bridgehead atoms. The molecule has 0 aromatic carbocycles. The van der Waals surface area contributed by atoms with Crippen molar-refractivity contribution in [2.45, 2.75) is 90.5 Å². The summed E-state index contributed by atoms with van der Waals surface area (Å²) < 4.78 is 12.9. The van der Waals surface area contributed by atoms with Gasteiger partial charge in [-0.15, -0.1) is 0 Å². The zero-order valence-corrected chi connectivity index (χ0v) is 19.6. The van der Waals surface area contributed by atoms with Crippen LogP contribution >= 0.6 is 8.53 Å². The Bertz CT molecular complexity index is 902. The van der Waals surface area contributed by atoms with Gasteiger partial charge in [-0.05, 0) is 41.0 Å². The van der Waals surface area contributed by atoms with Gasteiger partial charge in [0.25, 0.3) is 5.56 Å². The quantitative estimate of drug-likeness (QED) is 0.369. The van der Waals surface area contributed by atoms with Crippen molar-refractivity contribution in [2.75, 3.05) is 0 Å². The number of hydrogen-bond donors (Lipinski definition) is 3. The van der Waals surface area contributed by atoms with Gasteiger partial charge in [-0.2, -0.15) is 10.3 Å². The average molecular weight is 457 g/mol. The van der Waals surface area contributed by atoms with Gasteiger partial charge in [0.2, 0.25) is 14.1 Å². The second-order valence-electron chi connectivity index (χ2n) is 8.17. The monoisotopic (exact) mass is 457 g/mol. The lowest BCUT2D eigenvalue weighted by Gasteiger charge is -2.40. The van der Waals surface area contributed by atoms with Crippen LogP contribution in [0.25, 0.3) is 0 Å². The summed E-state index contributed by atoms with van der Waals surface area (Å²) in [4.78, 5) is 42.3. The van der Waals surface area contributed by atoms with Crippen LogP contribution in [0.4, 0.5) is 0 Å². The van der Waals surface area contributed by atoms with Crippen LogP contribution in [-0.4, -0.2) is 49.4 Å². The molecule has 1 saturated heterocycles. The number of nitrogens with one attached hydrogen (secondary N) is 1. The zero-order valence-electron chi connectivity index (χ0n) is 18.7. The minimum atomic E-state index is -2.25. The summed E-state index contributed by atoms with van der Waals surface area (Å²) in [6.45, 7) is 11.1. The highest BCUT2D eigenvalue weighted by Crippen LogP contribution is 2.43. The highest BCUT2D eigenvalue weighted by Gasteiger charge is 2.53. The van der Waals surface area contributed by atoms with E-state index in [9.17, 15) is 19.7 Å². The number of aromatic nitrogens is 2. The van der Waals surface area contributed by atoms with Crippen molar-refractivity contribution in [3.63, 3.8) is 0 Å². The van der Waals surface area contributed by atoms with E-state index in [1.807, 2.05) is 27.7 Å². The number of ether oxygens (including phenoxy) is 1. The molecule has 1 aliphatic rings. The summed E-state index contributed by atoms with van der Waals surface area (Å²) in [5, 5.41) is 11.9. The van der Waals surface area contributed by atoms with Crippen molar-refractivity contribution in [1.29, 1.82) is 5.26 Å². The lowest BCUT2D eigenvalue weighted by molar-refractivity contribution is -0.291. The first-order chi connectivity index (χ1) is 14.5. The van der Waals surface area contributed by atoms with E-state index in [0.717, 1.165) is 0 Å². The maximum atomic E-state index is 12.4. The van der Waals surface area contributed by atoms with E-state index in [1.54, 1.807) is 18.9 Å². The Hall–Kier alpha value is -1.64. The summed E-state index contributed by atoms with van der Waals surface area (Å²) in [5.41, 5.74) is 3.24. The highest BCUT2D eigenvalue weighted by molar-refractivity contribution is 7.43. The lowest BCUT2D eigenvalue weighted by atomic mass is 9.91. The van der Waals surface area contributed by atoms with E-state index in [1.165, 1.54) is 10.8 Å². The molecule has 5 atom stereocenters. The van der Waals surface area contributed by atoms with Gasteiger partial charge in [0.05, 0.1) is 0 Å². The first-order valence-electron chi connectivity index (χ1n) is 10.2. The molecule has 4 N–H and O–H groups in total.